The minimum absolute atomic E-state index is 0.584. The van der Waals surface area contributed by atoms with Gasteiger partial charge in [-0.05, 0) is 54.1 Å². The van der Waals surface area contributed by atoms with E-state index >= 15 is 0 Å². The molecule has 2 aromatic carbocycles. The number of benzene rings is 2. The smallest absolute Gasteiger partial charge is 0.225 e. The van der Waals surface area contributed by atoms with Crippen LogP contribution in [0.4, 0.5) is 5.95 Å². The summed E-state index contributed by atoms with van der Waals surface area (Å²) in [4.78, 5) is 11.2. The van der Waals surface area contributed by atoms with E-state index in [0.717, 1.165) is 44.4 Å². The first kappa shape index (κ1) is 19.9. The van der Waals surface area contributed by atoms with Gasteiger partial charge in [0.25, 0.3) is 0 Å². The molecule has 0 N–H and O–H groups in total. The Kier molecular flexibility index (Phi) is 4.93. The number of furan rings is 2. The Labute approximate surface area is 185 Å². The molecule has 0 amide bonds. The summed E-state index contributed by atoms with van der Waals surface area (Å²) in [7, 11) is 5.20. The van der Waals surface area contributed by atoms with E-state index in [2.05, 4.69) is 16.0 Å². The molecule has 0 unspecified atom stereocenters. The molecule has 0 aliphatic carbocycles. The average Bonchev–Trinajstić information content (AvgIpc) is 3.44. The standard InChI is InChI=1S/C25H23N3O4/c1-15-5-6-19(32-15)14-28(2)25-26-12-18(13-27-25)23-20-11-22(30-4)21(29-3)10-17(20)9-16-7-8-31-24(16)23/h5-13H,14H2,1-4H3. The van der Waals surface area contributed by atoms with Crippen molar-refractivity contribution in [3.8, 4) is 22.6 Å². The Morgan fingerprint density at radius 3 is 2.38 bits per heavy atom. The molecule has 5 rings (SSSR count). The third-order valence-corrected chi connectivity index (χ3v) is 5.52. The first-order chi connectivity index (χ1) is 15.6. The number of hydrogen-bond donors (Lipinski definition) is 0. The summed E-state index contributed by atoms with van der Waals surface area (Å²) in [6.45, 7) is 2.51. The van der Waals surface area contributed by atoms with Gasteiger partial charge in [0.1, 0.15) is 17.1 Å². The van der Waals surface area contributed by atoms with E-state index in [1.54, 1.807) is 20.5 Å². The normalized spacial score (nSPS) is 11.2. The van der Waals surface area contributed by atoms with E-state index in [1.165, 1.54) is 0 Å². The number of rotatable bonds is 6. The van der Waals surface area contributed by atoms with Crippen LogP contribution in [0.5, 0.6) is 11.5 Å². The highest BCUT2D eigenvalue weighted by Crippen LogP contribution is 2.41. The van der Waals surface area contributed by atoms with Gasteiger partial charge in [0, 0.05) is 36.0 Å². The van der Waals surface area contributed by atoms with Crippen LogP contribution < -0.4 is 14.4 Å². The van der Waals surface area contributed by atoms with Crippen molar-refractivity contribution in [3.63, 3.8) is 0 Å². The molecular weight excluding hydrogens is 406 g/mol. The van der Waals surface area contributed by atoms with E-state index in [1.807, 2.05) is 61.6 Å². The maximum atomic E-state index is 5.85. The predicted octanol–water partition coefficient (Wildman–Crippen LogP) is 5.60. The van der Waals surface area contributed by atoms with Crippen LogP contribution in [0.15, 0.2) is 63.9 Å². The fourth-order valence-electron chi connectivity index (χ4n) is 3.97. The second kappa shape index (κ2) is 7.92. The van der Waals surface area contributed by atoms with Crippen molar-refractivity contribution >= 4 is 27.7 Å². The summed E-state index contributed by atoms with van der Waals surface area (Å²) in [5.74, 6) is 3.69. The fraction of sp³-hybridized carbons (Fsp3) is 0.200. The van der Waals surface area contributed by atoms with Gasteiger partial charge in [0.2, 0.25) is 5.95 Å². The lowest BCUT2D eigenvalue weighted by molar-refractivity contribution is 0.356. The van der Waals surface area contributed by atoms with Gasteiger partial charge >= 0.3 is 0 Å². The van der Waals surface area contributed by atoms with Gasteiger partial charge in [-0.3, -0.25) is 0 Å². The quantitative estimate of drug-likeness (QED) is 0.348. The van der Waals surface area contributed by atoms with Crippen LogP contribution in [-0.2, 0) is 6.54 Å². The Bertz CT molecular complexity index is 1400. The Morgan fingerprint density at radius 1 is 0.938 bits per heavy atom. The SMILES string of the molecule is COc1cc2cc3ccoc3c(-c3cnc(N(C)Cc4ccc(C)o4)nc3)c2cc1OC. The van der Waals surface area contributed by atoms with E-state index in [4.69, 9.17) is 18.3 Å². The first-order valence-corrected chi connectivity index (χ1v) is 10.2. The summed E-state index contributed by atoms with van der Waals surface area (Å²) in [5, 5.41) is 2.98. The minimum atomic E-state index is 0.584. The molecule has 0 atom stereocenters. The van der Waals surface area contributed by atoms with E-state index in [-0.39, 0.29) is 0 Å². The molecule has 0 aliphatic rings. The summed E-state index contributed by atoms with van der Waals surface area (Å²) in [6.07, 6.45) is 5.33. The Balaban J connectivity index is 1.59. The molecule has 162 valence electrons. The van der Waals surface area contributed by atoms with Crippen LogP contribution in [0.2, 0.25) is 0 Å². The molecule has 7 heteroatoms. The van der Waals surface area contributed by atoms with Crippen LogP contribution in [-0.4, -0.2) is 31.2 Å². The molecule has 32 heavy (non-hydrogen) atoms. The molecule has 5 aromatic rings. The highest BCUT2D eigenvalue weighted by molar-refractivity contribution is 6.11. The molecule has 0 saturated heterocycles. The maximum absolute atomic E-state index is 5.85. The van der Waals surface area contributed by atoms with Gasteiger partial charge in [-0.1, -0.05) is 0 Å². The van der Waals surface area contributed by atoms with Crippen molar-refractivity contribution in [1.82, 2.24) is 9.97 Å². The second-order valence-corrected chi connectivity index (χ2v) is 7.66. The molecule has 0 saturated carbocycles. The lowest BCUT2D eigenvalue weighted by atomic mass is 9.97. The van der Waals surface area contributed by atoms with Crippen LogP contribution in [0.3, 0.4) is 0 Å². The lowest BCUT2D eigenvalue weighted by Crippen LogP contribution is -2.18. The zero-order valence-electron chi connectivity index (χ0n) is 18.4. The highest BCUT2D eigenvalue weighted by Gasteiger charge is 2.17. The van der Waals surface area contributed by atoms with Gasteiger partial charge in [-0.25, -0.2) is 9.97 Å². The van der Waals surface area contributed by atoms with Gasteiger partial charge in [0.05, 0.1) is 27.0 Å². The molecule has 0 radical (unpaired) electrons. The van der Waals surface area contributed by atoms with Gasteiger partial charge in [-0.15, -0.1) is 0 Å². The number of methoxy groups -OCH3 is 2. The van der Waals surface area contributed by atoms with Crippen LogP contribution >= 0.6 is 0 Å². The van der Waals surface area contributed by atoms with Crippen LogP contribution in [0.25, 0.3) is 32.9 Å². The van der Waals surface area contributed by atoms with Crippen molar-refractivity contribution in [2.24, 2.45) is 0 Å². The topological polar surface area (TPSA) is 73.8 Å². The molecule has 0 aliphatic heterocycles. The third-order valence-electron chi connectivity index (χ3n) is 5.52. The summed E-state index contributed by atoms with van der Waals surface area (Å²) in [6, 6.07) is 11.9. The van der Waals surface area contributed by atoms with E-state index in [9.17, 15) is 0 Å². The molecule has 0 spiro atoms. The number of ether oxygens (including phenoxy) is 2. The highest BCUT2D eigenvalue weighted by atomic mass is 16.5. The lowest BCUT2D eigenvalue weighted by Gasteiger charge is -2.16. The van der Waals surface area contributed by atoms with Crippen molar-refractivity contribution in [2.75, 3.05) is 26.2 Å². The summed E-state index contributed by atoms with van der Waals surface area (Å²) in [5.41, 5.74) is 2.55. The largest absolute Gasteiger partial charge is 0.493 e. The third kappa shape index (κ3) is 3.41. The van der Waals surface area contributed by atoms with Crippen LogP contribution in [0.1, 0.15) is 11.5 Å². The molecular formula is C25H23N3O4. The first-order valence-electron chi connectivity index (χ1n) is 10.2. The van der Waals surface area contributed by atoms with Crippen molar-refractivity contribution in [3.05, 3.63) is 66.6 Å². The number of anilines is 1. The predicted molar refractivity (Wildman–Crippen MR) is 123 cm³/mol. The molecule has 0 fully saturated rings. The van der Waals surface area contributed by atoms with E-state index in [0.29, 0.717) is 24.0 Å². The van der Waals surface area contributed by atoms with Gasteiger partial charge in [0.15, 0.2) is 11.5 Å². The van der Waals surface area contributed by atoms with Gasteiger partial charge in [-0.2, -0.15) is 0 Å². The van der Waals surface area contributed by atoms with Crippen molar-refractivity contribution in [1.29, 1.82) is 0 Å². The number of fused-ring (bicyclic) bond motifs is 2. The number of aromatic nitrogens is 2. The molecule has 3 heterocycles. The zero-order chi connectivity index (χ0) is 22.2. The average molecular weight is 429 g/mol. The molecule has 0 bridgehead atoms. The van der Waals surface area contributed by atoms with E-state index < -0.39 is 0 Å². The van der Waals surface area contributed by atoms with Crippen LogP contribution in [0, 0.1) is 6.92 Å². The second-order valence-electron chi connectivity index (χ2n) is 7.66. The van der Waals surface area contributed by atoms with Gasteiger partial charge < -0.3 is 23.2 Å². The Morgan fingerprint density at radius 2 is 1.69 bits per heavy atom. The summed E-state index contributed by atoms with van der Waals surface area (Å²) < 4.78 is 22.5. The summed E-state index contributed by atoms with van der Waals surface area (Å²) >= 11 is 0. The number of hydrogen-bond acceptors (Lipinski definition) is 7. The number of nitrogens with zero attached hydrogens (tertiary/aromatic N) is 3. The van der Waals surface area contributed by atoms with Crippen molar-refractivity contribution in [2.45, 2.75) is 13.5 Å². The minimum Gasteiger partial charge on any atom is -0.493 e. The number of aryl methyl sites for hydroxylation is 1. The van der Waals surface area contributed by atoms with Crippen molar-refractivity contribution < 1.29 is 18.3 Å². The fourth-order valence-corrected chi connectivity index (χ4v) is 3.97. The Hall–Kier alpha value is -4.00. The monoisotopic (exact) mass is 429 g/mol. The zero-order valence-corrected chi connectivity index (χ0v) is 18.4. The molecule has 7 nitrogen and oxygen atoms in total. The molecule has 3 aromatic heterocycles. The maximum Gasteiger partial charge on any atom is 0.225 e.